The first-order chi connectivity index (χ1) is 19.4. The molecule has 2 aliphatic carbocycles. The van der Waals surface area contributed by atoms with Gasteiger partial charge in [0.15, 0.2) is 0 Å². The van der Waals surface area contributed by atoms with Crippen LogP contribution in [0.3, 0.4) is 0 Å². The number of rotatable bonds is 3. The molecule has 0 unspecified atom stereocenters. The van der Waals surface area contributed by atoms with Crippen molar-refractivity contribution in [1.82, 2.24) is 0 Å². The summed E-state index contributed by atoms with van der Waals surface area (Å²) in [7, 11) is 0. The molecule has 41 heavy (non-hydrogen) atoms. The van der Waals surface area contributed by atoms with Crippen molar-refractivity contribution in [2.75, 3.05) is 0 Å². The van der Waals surface area contributed by atoms with Crippen LogP contribution in [0, 0.1) is 6.07 Å². The van der Waals surface area contributed by atoms with E-state index in [1.165, 1.54) is 88.7 Å². The van der Waals surface area contributed by atoms with Crippen molar-refractivity contribution in [2.24, 2.45) is 0 Å². The number of hydrogen-bond acceptors (Lipinski definition) is 0. The summed E-state index contributed by atoms with van der Waals surface area (Å²) in [6.45, 7) is 16.0. The van der Waals surface area contributed by atoms with Crippen LogP contribution in [0.2, 0.25) is 0 Å². The molecule has 4 aromatic rings. The van der Waals surface area contributed by atoms with Crippen LogP contribution in [-0.4, -0.2) is 3.21 Å². The molecule has 2 aliphatic rings. The van der Waals surface area contributed by atoms with E-state index in [1.54, 1.807) is 0 Å². The third-order valence-corrected chi connectivity index (χ3v) is 9.51. The molecule has 0 atom stereocenters. The Kier molecular flexibility index (Phi) is 8.50. The molecule has 6 rings (SSSR count). The predicted octanol–water partition coefficient (Wildman–Crippen LogP) is 10.2. The van der Waals surface area contributed by atoms with Gasteiger partial charge >= 0.3 is 99.2 Å². The third-order valence-electron chi connectivity index (χ3n) is 8.09. The molecule has 0 saturated heterocycles. The van der Waals surface area contributed by atoms with Crippen LogP contribution in [0.1, 0.15) is 93.8 Å². The Morgan fingerprint density at radius 1 is 0.732 bits per heavy atom. The van der Waals surface area contributed by atoms with Gasteiger partial charge in [0.1, 0.15) is 0 Å². The summed E-state index contributed by atoms with van der Waals surface area (Å²) in [6, 6.07) is 34.5. The zero-order valence-electron chi connectivity index (χ0n) is 25.7. The Morgan fingerprint density at radius 3 is 1.85 bits per heavy atom. The van der Waals surface area contributed by atoms with Crippen molar-refractivity contribution in [1.29, 1.82) is 0 Å². The van der Waals surface area contributed by atoms with Crippen LogP contribution in [0.15, 0.2) is 103 Å². The first kappa shape index (κ1) is 29.6. The third kappa shape index (κ3) is 6.62. The van der Waals surface area contributed by atoms with E-state index in [0.29, 0.717) is 0 Å². The fourth-order valence-electron chi connectivity index (χ4n) is 5.67. The molecule has 0 aromatic heterocycles. The molecule has 1 heteroatoms. The van der Waals surface area contributed by atoms with Crippen molar-refractivity contribution in [2.45, 2.75) is 72.1 Å². The van der Waals surface area contributed by atoms with Crippen molar-refractivity contribution in [3.8, 4) is 11.1 Å². The van der Waals surface area contributed by atoms with E-state index >= 15 is 0 Å². The van der Waals surface area contributed by atoms with Gasteiger partial charge in [-0.2, -0.15) is 0 Å². The monoisotopic (exact) mass is 611 g/mol. The van der Waals surface area contributed by atoms with E-state index in [-0.39, 0.29) is 10.8 Å². The van der Waals surface area contributed by atoms with Crippen LogP contribution in [-0.2, 0) is 41.5 Å². The van der Waals surface area contributed by atoms with Crippen LogP contribution < -0.4 is 0 Å². The maximum atomic E-state index is 3.87. The van der Waals surface area contributed by atoms with Gasteiger partial charge in [0.25, 0.3) is 0 Å². The fraction of sp³-hybridized carbons (Fsp3) is 0.275. The van der Waals surface area contributed by atoms with Crippen LogP contribution in [0.5, 0.6) is 0 Å². The van der Waals surface area contributed by atoms with Crippen LogP contribution in [0.4, 0.5) is 0 Å². The SMILES string of the molecule is CC1=CCC(c2[c-]c3c(cc2C(C)(C)C)-c2cc(C(C)(C)C)ccc2C3)=C1.[Zr]=[C](c1ccccc1)c1ccccc1. The summed E-state index contributed by atoms with van der Waals surface area (Å²) in [5.74, 6) is 0. The molecule has 0 fully saturated rings. The fourth-order valence-corrected chi connectivity index (χ4v) is 6.49. The molecule has 0 saturated carbocycles. The van der Waals surface area contributed by atoms with Crippen molar-refractivity contribution < 1.29 is 24.2 Å². The van der Waals surface area contributed by atoms with E-state index in [4.69, 9.17) is 0 Å². The zero-order valence-corrected chi connectivity index (χ0v) is 28.1. The average molecular weight is 613 g/mol. The molecule has 0 nitrogen and oxygen atoms in total. The van der Waals surface area contributed by atoms with Gasteiger partial charge in [0.2, 0.25) is 0 Å². The summed E-state index contributed by atoms with van der Waals surface area (Å²) in [6.07, 6.45) is 6.71. The molecule has 206 valence electrons. The normalized spacial score (nSPS) is 13.9. The minimum absolute atomic E-state index is 0.0998. The van der Waals surface area contributed by atoms with E-state index < -0.39 is 0 Å². The van der Waals surface area contributed by atoms with Crippen LogP contribution in [0.25, 0.3) is 16.7 Å². The summed E-state index contributed by atoms with van der Waals surface area (Å²) in [4.78, 5) is 0. The summed E-state index contributed by atoms with van der Waals surface area (Å²) < 4.78 is 1.42. The quantitative estimate of drug-likeness (QED) is 0.178. The standard InChI is InChI=1S/C27H31.C13H10.Zr/c1-17-8-9-18(12-17)24-14-20-13-19-10-11-21(26(2,3)4)15-22(19)23(20)16-25(24)27(5,6)7;1-3-7-12(8-4-1)11-13-9-5-2-6-10-13;/h8,10-12,15-16H,9,13H2,1-7H3;1-10H;/q-1;;. The van der Waals surface area contributed by atoms with Gasteiger partial charge in [-0.05, 0) is 41.7 Å². The van der Waals surface area contributed by atoms with Crippen molar-refractivity contribution >= 4 is 8.78 Å². The minimum atomic E-state index is 0.0998. The van der Waals surface area contributed by atoms with E-state index in [9.17, 15) is 0 Å². The maximum absolute atomic E-state index is 3.87. The Hall–Kier alpha value is -2.89. The summed E-state index contributed by atoms with van der Waals surface area (Å²) in [5.41, 5.74) is 15.5. The molecule has 0 N–H and O–H groups in total. The van der Waals surface area contributed by atoms with E-state index in [1.807, 2.05) is 0 Å². The first-order valence-electron chi connectivity index (χ1n) is 14.7. The van der Waals surface area contributed by atoms with E-state index in [0.717, 1.165) is 12.8 Å². The zero-order chi connectivity index (χ0) is 29.4. The van der Waals surface area contributed by atoms with Crippen LogP contribution >= 0.6 is 0 Å². The second-order valence-corrected chi connectivity index (χ2v) is 14.7. The molecule has 0 amide bonds. The second kappa shape index (κ2) is 11.8. The first-order valence-corrected chi connectivity index (χ1v) is 16.0. The number of hydrogen-bond donors (Lipinski definition) is 0. The van der Waals surface area contributed by atoms with Gasteiger partial charge in [-0.3, -0.25) is 0 Å². The van der Waals surface area contributed by atoms with Gasteiger partial charge in [-0.15, -0.1) is 34.4 Å². The van der Waals surface area contributed by atoms with Gasteiger partial charge in [-0.25, -0.2) is 0 Å². The Labute approximate surface area is 262 Å². The molecule has 0 heterocycles. The van der Waals surface area contributed by atoms with Gasteiger partial charge in [0, 0.05) is 0 Å². The van der Waals surface area contributed by atoms with Gasteiger partial charge in [-0.1, -0.05) is 88.6 Å². The van der Waals surface area contributed by atoms with Crippen molar-refractivity contribution in [3.63, 3.8) is 0 Å². The number of allylic oxidation sites excluding steroid dienone is 4. The summed E-state index contributed by atoms with van der Waals surface area (Å²) >= 11 is 1.46. The Balaban J connectivity index is 0.000000202. The van der Waals surface area contributed by atoms with Gasteiger partial charge < -0.3 is 0 Å². The predicted molar refractivity (Wildman–Crippen MR) is 173 cm³/mol. The molecule has 0 radical (unpaired) electrons. The molecule has 0 aliphatic heterocycles. The van der Waals surface area contributed by atoms with Crippen molar-refractivity contribution in [3.05, 3.63) is 148 Å². The molecular formula is C40H41Zr-. The summed E-state index contributed by atoms with van der Waals surface area (Å²) in [5, 5.41) is 0. The molecule has 4 aromatic carbocycles. The van der Waals surface area contributed by atoms with E-state index in [2.05, 4.69) is 152 Å². The molecular weight excluding hydrogens is 572 g/mol. The molecule has 0 spiro atoms. The average Bonchev–Trinajstić information content (AvgIpc) is 3.54. The van der Waals surface area contributed by atoms with Gasteiger partial charge in [0.05, 0.1) is 0 Å². The topological polar surface area (TPSA) is 0 Å². The number of fused-ring (bicyclic) bond motifs is 3. The second-order valence-electron chi connectivity index (χ2n) is 13.4. The Morgan fingerprint density at radius 2 is 1.34 bits per heavy atom. The molecule has 0 bridgehead atoms. The Bertz CT molecular complexity index is 1590. The number of benzene rings is 4.